The summed E-state index contributed by atoms with van der Waals surface area (Å²) in [5.74, 6) is 0.539. The van der Waals surface area contributed by atoms with Gasteiger partial charge in [0.1, 0.15) is 11.3 Å². The van der Waals surface area contributed by atoms with Gasteiger partial charge in [0.25, 0.3) is 0 Å². The summed E-state index contributed by atoms with van der Waals surface area (Å²) < 4.78 is 7.82. The van der Waals surface area contributed by atoms with Crippen molar-refractivity contribution in [2.75, 3.05) is 7.11 Å². The van der Waals surface area contributed by atoms with Crippen LogP contribution in [0.15, 0.2) is 53.3 Å². The standard InChI is InChI=1S/C15H11BrN2O2/c1-20-13-7-11(16)9-18-14(13)12(8-17-18)15(19)10-5-3-2-4-6-10/h2-9H,1H3. The molecule has 2 aromatic heterocycles. The largest absolute Gasteiger partial charge is 0.494 e. The van der Waals surface area contributed by atoms with Crippen LogP contribution in [0.4, 0.5) is 0 Å². The molecule has 0 amide bonds. The van der Waals surface area contributed by atoms with Gasteiger partial charge < -0.3 is 4.74 Å². The minimum atomic E-state index is -0.0683. The SMILES string of the molecule is COc1cc(Br)cn2ncc(C(=O)c3ccccc3)c12. The highest BCUT2D eigenvalue weighted by Crippen LogP contribution is 2.28. The number of carbonyl (C=O) groups is 1. The van der Waals surface area contributed by atoms with Crippen LogP contribution in [-0.2, 0) is 0 Å². The van der Waals surface area contributed by atoms with Gasteiger partial charge in [-0.25, -0.2) is 4.52 Å². The summed E-state index contributed by atoms with van der Waals surface area (Å²) in [6.45, 7) is 0. The molecule has 0 N–H and O–H groups in total. The molecule has 1 aromatic carbocycles. The van der Waals surface area contributed by atoms with Crippen LogP contribution in [0.25, 0.3) is 5.52 Å². The van der Waals surface area contributed by atoms with E-state index in [1.165, 1.54) is 0 Å². The van der Waals surface area contributed by atoms with Gasteiger partial charge in [0, 0.05) is 16.2 Å². The molecule has 0 aliphatic rings. The molecule has 4 nitrogen and oxygen atoms in total. The van der Waals surface area contributed by atoms with Crippen molar-refractivity contribution in [3.63, 3.8) is 0 Å². The highest BCUT2D eigenvalue weighted by Gasteiger charge is 2.18. The third-order valence-electron chi connectivity index (χ3n) is 3.04. The van der Waals surface area contributed by atoms with Gasteiger partial charge in [-0.1, -0.05) is 30.3 Å². The van der Waals surface area contributed by atoms with E-state index in [-0.39, 0.29) is 5.78 Å². The van der Waals surface area contributed by atoms with Crippen molar-refractivity contribution in [1.82, 2.24) is 9.61 Å². The Morgan fingerprint density at radius 2 is 2.05 bits per heavy atom. The number of pyridine rings is 1. The normalized spacial score (nSPS) is 10.7. The summed E-state index contributed by atoms with van der Waals surface area (Å²) in [4.78, 5) is 12.6. The Bertz CT molecular complexity index is 781. The van der Waals surface area contributed by atoms with Gasteiger partial charge in [0.2, 0.25) is 0 Å². The number of fused-ring (bicyclic) bond motifs is 1. The average molecular weight is 331 g/mol. The molecule has 3 rings (SSSR count). The summed E-state index contributed by atoms with van der Waals surface area (Å²) in [5.41, 5.74) is 1.83. The van der Waals surface area contributed by atoms with Crippen LogP contribution in [0.1, 0.15) is 15.9 Å². The zero-order chi connectivity index (χ0) is 14.1. The molecule has 0 aliphatic carbocycles. The highest BCUT2D eigenvalue weighted by molar-refractivity contribution is 9.10. The Labute approximate surface area is 124 Å². The second-order valence-electron chi connectivity index (χ2n) is 4.27. The van der Waals surface area contributed by atoms with Crippen LogP contribution < -0.4 is 4.74 Å². The lowest BCUT2D eigenvalue weighted by Gasteiger charge is -2.06. The number of ether oxygens (including phenoxy) is 1. The maximum Gasteiger partial charge on any atom is 0.196 e. The number of carbonyl (C=O) groups excluding carboxylic acids is 1. The van der Waals surface area contributed by atoms with Gasteiger partial charge >= 0.3 is 0 Å². The molecule has 3 aromatic rings. The van der Waals surface area contributed by atoms with Gasteiger partial charge in [-0.3, -0.25) is 4.79 Å². The topological polar surface area (TPSA) is 43.6 Å². The lowest BCUT2D eigenvalue weighted by molar-refractivity contribution is 0.104. The Morgan fingerprint density at radius 3 is 2.75 bits per heavy atom. The van der Waals surface area contributed by atoms with Crippen LogP contribution in [0, 0.1) is 0 Å². The molecule has 0 bridgehead atoms. The van der Waals surface area contributed by atoms with E-state index in [1.54, 1.807) is 36.2 Å². The smallest absolute Gasteiger partial charge is 0.196 e. The predicted molar refractivity (Wildman–Crippen MR) is 79.3 cm³/mol. The highest BCUT2D eigenvalue weighted by atomic mass is 79.9. The predicted octanol–water partition coefficient (Wildman–Crippen LogP) is 3.34. The molecule has 2 heterocycles. The zero-order valence-corrected chi connectivity index (χ0v) is 12.3. The maximum atomic E-state index is 12.6. The molecule has 0 fully saturated rings. The van der Waals surface area contributed by atoms with Crippen LogP contribution >= 0.6 is 15.9 Å². The van der Waals surface area contributed by atoms with Gasteiger partial charge in [-0.2, -0.15) is 5.10 Å². The summed E-state index contributed by atoms with van der Waals surface area (Å²) in [7, 11) is 1.57. The van der Waals surface area contributed by atoms with E-state index in [9.17, 15) is 4.79 Å². The summed E-state index contributed by atoms with van der Waals surface area (Å²) in [5, 5.41) is 4.22. The molecular weight excluding hydrogens is 320 g/mol. The van der Waals surface area contributed by atoms with Crippen molar-refractivity contribution in [2.24, 2.45) is 0 Å². The van der Waals surface area contributed by atoms with Crippen molar-refractivity contribution in [2.45, 2.75) is 0 Å². The van der Waals surface area contributed by atoms with Crippen molar-refractivity contribution < 1.29 is 9.53 Å². The quantitative estimate of drug-likeness (QED) is 0.692. The van der Waals surface area contributed by atoms with Gasteiger partial charge in [0.05, 0.1) is 18.9 Å². The molecule has 0 spiro atoms. The number of benzene rings is 1. The van der Waals surface area contributed by atoms with E-state index in [2.05, 4.69) is 21.0 Å². The van der Waals surface area contributed by atoms with E-state index < -0.39 is 0 Å². The van der Waals surface area contributed by atoms with Crippen LogP contribution in [0.2, 0.25) is 0 Å². The van der Waals surface area contributed by atoms with Gasteiger partial charge in [-0.15, -0.1) is 0 Å². The zero-order valence-electron chi connectivity index (χ0n) is 10.7. The fraction of sp³-hybridized carbons (Fsp3) is 0.0667. The lowest BCUT2D eigenvalue weighted by Crippen LogP contribution is -2.01. The fourth-order valence-corrected chi connectivity index (χ4v) is 2.52. The lowest BCUT2D eigenvalue weighted by atomic mass is 10.0. The molecule has 20 heavy (non-hydrogen) atoms. The Balaban J connectivity index is 2.20. The molecule has 100 valence electrons. The third-order valence-corrected chi connectivity index (χ3v) is 3.48. The fourth-order valence-electron chi connectivity index (χ4n) is 2.12. The van der Waals surface area contributed by atoms with Crippen molar-refractivity contribution >= 4 is 27.2 Å². The van der Waals surface area contributed by atoms with E-state index in [1.807, 2.05) is 24.3 Å². The van der Waals surface area contributed by atoms with Crippen LogP contribution in [-0.4, -0.2) is 22.5 Å². The van der Waals surface area contributed by atoms with Crippen molar-refractivity contribution in [3.05, 3.63) is 64.4 Å². The number of hydrogen-bond donors (Lipinski definition) is 0. The van der Waals surface area contributed by atoms with Gasteiger partial charge in [0.15, 0.2) is 5.78 Å². The van der Waals surface area contributed by atoms with E-state index in [0.717, 1.165) is 4.47 Å². The number of ketones is 1. The number of nitrogens with zero attached hydrogens (tertiary/aromatic N) is 2. The Morgan fingerprint density at radius 1 is 1.30 bits per heavy atom. The van der Waals surface area contributed by atoms with E-state index >= 15 is 0 Å². The monoisotopic (exact) mass is 330 g/mol. The van der Waals surface area contributed by atoms with E-state index in [0.29, 0.717) is 22.4 Å². The molecule has 5 heteroatoms. The number of halogens is 1. The first-order valence-electron chi connectivity index (χ1n) is 6.01. The Kier molecular flexibility index (Phi) is 3.28. The molecule has 0 atom stereocenters. The molecule has 0 radical (unpaired) electrons. The van der Waals surface area contributed by atoms with Crippen molar-refractivity contribution in [1.29, 1.82) is 0 Å². The number of aromatic nitrogens is 2. The second-order valence-corrected chi connectivity index (χ2v) is 5.19. The van der Waals surface area contributed by atoms with Crippen LogP contribution in [0.5, 0.6) is 5.75 Å². The summed E-state index contributed by atoms with van der Waals surface area (Å²) in [6, 6.07) is 11.0. The first-order valence-corrected chi connectivity index (χ1v) is 6.80. The number of methoxy groups -OCH3 is 1. The summed E-state index contributed by atoms with van der Waals surface area (Å²) >= 11 is 3.39. The maximum absolute atomic E-state index is 12.6. The summed E-state index contributed by atoms with van der Waals surface area (Å²) in [6.07, 6.45) is 3.36. The number of hydrogen-bond acceptors (Lipinski definition) is 3. The first kappa shape index (κ1) is 12.9. The minimum Gasteiger partial charge on any atom is -0.494 e. The Hall–Kier alpha value is -2.14. The number of rotatable bonds is 3. The van der Waals surface area contributed by atoms with Gasteiger partial charge in [-0.05, 0) is 22.0 Å². The van der Waals surface area contributed by atoms with Crippen LogP contribution in [0.3, 0.4) is 0 Å². The molecule has 0 unspecified atom stereocenters. The minimum absolute atomic E-state index is 0.0683. The second kappa shape index (κ2) is 5.09. The first-order chi connectivity index (χ1) is 9.70. The molecule has 0 saturated carbocycles. The van der Waals surface area contributed by atoms with Crippen molar-refractivity contribution in [3.8, 4) is 5.75 Å². The van der Waals surface area contributed by atoms with E-state index in [4.69, 9.17) is 4.74 Å². The average Bonchev–Trinajstić information content (AvgIpc) is 2.90. The molecule has 0 aliphatic heterocycles. The molecule has 0 saturated heterocycles. The molecular formula is C15H11BrN2O2. The third kappa shape index (κ3) is 2.10.